The zero-order valence-corrected chi connectivity index (χ0v) is 16.3. The lowest BCUT2D eigenvalue weighted by Crippen LogP contribution is -2.43. The van der Waals surface area contributed by atoms with E-state index in [2.05, 4.69) is 38.1 Å². The van der Waals surface area contributed by atoms with E-state index >= 15 is 0 Å². The number of pyridine rings is 3. The summed E-state index contributed by atoms with van der Waals surface area (Å²) in [5.74, 6) is 0.996. The highest BCUT2D eigenvalue weighted by molar-refractivity contribution is 5.93. The van der Waals surface area contributed by atoms with Gasteiger partial charge in [-0.2, -0.15) is 5.10 Å². The van der Waals surface area contributed by atoms with Crippen LogP contribution in [0.4, 0.5) is 5.82 Å². The number of fused-ring (bicyclic) bond motifs is 1. The maximum absolute atomic E-state index is 6.19. The summed E-state index contributed by atoms with van der Waals surface area (Å²) >= 11 is 0. The summed E-state index contributed by atoms with van der Waals surface area (Å²) in [6.07, 6.45) is 7.56. The monoisotopic (exact) mass is 385 g/mol. The molecule has 0 radical (unpaired) electrons. The highest BCUT2D eigenvalue weighted by Crippen LogP contribution is 2.30. The number of nitrogens with zero attached hydrogens (tertiary/aromatic N) is 5. The van der Waals surface area contributed by atoms with Crippen LogP contribution in [0.25, 0.3) is 33.5 Å². The van der Waals surface area contributed by atoms with E-state index in [1.54, 1.807) is 6.20 Å². The number of nitrogens with one attached hydrogen (secondary N) is 1. The molecule has 0 saturated carbocycles. The third-order valence-electron chi connectivity index (χ3n) is 5.47. The molecule has 1 fully saturated rings. The Balaban J connectivity index is 1.58. The molecule has 7 nitrogen and oxygen atoms in total. The van der Waals surface area contributed by atoms with Crippen molar-refractivity contribution in [3.63, 3.8) is 0 Å². The van der Waals surface area contributed by atoms with E-state index in [1.165, 1.54) is 0 Å². The quantitative estimate of drug-likeness (QED) is 0.562. The number of hydrogen-bond donors (Lipinski definition) is 2. The van der Waals surface area contributed by atoms with E-state index in [1.807, 2.05) is 36.7 Å². The molecular weight excluding hydrogens is 362 g/mol. The van der Waals surface area contributed by atoms with Gasteiger partial charge in [0.1, 0.15) is 11.5 Å². The van der Waals surface area contributed by atoms with E-state index in [0.29, 0.717) is 0 Å². The smallest absolute Gasteiger partial charge is 0.132 e. The number of piperidine rings is 1. The van der Waals surface area contributed by atoms with Crippen molar-refractivity contribution in [3.05, 3.63) is 54.5 Å². The lowest BCUT2D eigenvalue weighted by Gasteiger charge is -2.32. The highest BCUT2D eigenvalue weighted by atomic mass is 15.2. The third kappa shape index (κ3) is 3.34. The minimum Gasteiger partial charge on any atom is -0.355 e. The average Bonchev–Trinajstić information content (AvgIpc) is 3.18. The Kier molecular flexibility index (Phi) is 4.44. The molecule has 0 aromatic carbocycles. The third-order valence-corrected chi connectivity index (χ3v) is 5.47. The number of aryl methyl sites for hydroxylation is 1. The van der Waals surface area contributed by atoms with Crippen LogP contribution < -0.4 is 10.6 Å². The summed E-state index contributed by atoms with van der Waals surface area (Å²) < 4.78 is 0. The van der Waals surface area contributed by atoms with Crippen LogP contribution in [0.5, 0.6) is 0 Å². The van der Waals surface area contributed by atoms with Gasteiger partial charge in [-0.3, -0.25) is 15.1 Å². The SMILES string of the molecule is Cc1ccc(-c2n[nH]c3cnc(-c4cccnc4)cc23)nc1N1CCC[C@@H](N)C1. The van der Waals surface area contributed by atoms with Gasteiger partial charge < -0.3 is 10.6 Å². The molecule has 3 N–H and O–H groups in total. The van der Waals surface area contributed by atoms with Gasteiger partial charge in [0.25, 0.3) is 0 Å². The minimum absolute atomic E-state index is 0.202. The fourth-order valence-corrected chi connectivity index (χ4v) is 3.96. The Morgan fingerprint density at radius 3 is 2.93 bits per heavy atom. The molecule has 4 aromatic heterocycles. The molecule has 146 valence electrons. The number of nitrogens with two attached hydrogens (primary N) is 1. The molecular formula is C22H23N7. The standard InChI is InChI=1S/C22H23N7/c1-14-6-7-18(26-22(14)29-9-3-5-16(23)13-29)21-17-10-19(15-4-2-8-24-11-15)25-12-20(17)27-28-21/h2,4,6-8,10-12,16H,3,5,9,13,23H2,1H3,(H,27,28)/t16-/m1/s1. The summed E-state index contributed by atoms with van der Waals surface area (Å²) in [7, 11) is 0. The van der Waals surface area contributed by atoms with Gasteiger partial charge in [-0.25, -0.2) is 4.98 Å². The molecule has 0 unspecified atom stereocenters. The van der Waals surface area contributed by atoms with Crippen molar-refractivity contribution >= 4 is 16.7 Å². The van der Waals surface area contributed by atoms with Gasteiger partial charge in [0.05, 0.1) is 23.1 Å². The molecule has 0 aliphatic carbocycles. The molecule has 7 heteroatoms. The van der Waals surface area contributed by atoms with Crippen molar-refractivity contribution < 1.29 is 0 Å². The second kappa shape index (κ2) is 7.25. The Hall–Kier alpha value is -3.32. The molecule has 1 saturated heterocycles. The average molecular weight is 385 g/mol. The second-order valence-electron chi connectivity index (χ2n) is 7.61. The van der Waals surface area contributed by atoms with Gasteiger partial charge in [0.15, 0.2) is 0 Å². The zero-order chi connectivity index (χ0) is 19.8. The predicted octanol–water partition coefficient (Wildman–Crippen LogP) is 3.32. The Bertz CT molecular complexity index is 1150. The van der Waals surface area contributed by atoms with Crippen molar-refractivity contribution in [3.8, 4) is 22.6 Å². The summed E-state index contributed by atoms with van der Waals surface area (Å²) in [6, 6.07) is 10.3. The number of hydrogen-bond acceptors (Lipinski definition) is 6. The maximum atomic E-state index is 6.19. The Morgan fingerprint density at radius 2 is 2.10 bits per heavy atom. The van der Waals surface area contributed by atoms with Crippen LogP contribution in [-0.4, -0.2) is 44.3 Å². The van der Waals surface area contributed by atoms with Crippen molar-refractivity contribution in [2.75, 3.05) is 18.0 Å². The molecule has 4 aromatic rings. The second-order valence-corrected chi connectivity index (χ2v) is 7.61. The maximum Gasteiger partial charge on any atom is 0.132 e. The van der Waals surface area contributed by atoms with E-state index in [9.17, 15) is 0 Å². The fourth-order valence-electron chi connectivity index (χ4n) is 3.96. The molecule has 1 atom stereocenters. The first kappa shape index (κ1) is 17.8. The van der Waals surface area contributed by atoms with Crippen LogP contribution in [0.1, 0.15) is 18.4 Å². The van der Waals surface area contributed by atoms with Gasteiger partial charge in [-0.05, 0) is 49.6 Å². The first-order chi connectivity index (χ1) is 14.2. The molecule has 1 aliphatic heterocycles. The lowest BCUT2D eigenvalue weighted by molar-refractivity contribution is 0.502. The number of rotatable bonds is 3. The summed E-state index contributed by atoms with van der Waals surface area (Å²) in [5.41, 5.74) is 11.7. The molecule has 1 aliphatic rings. The Morgan fingerprint density at radius 1 is 1.17 bits per heavy atom. The van der Waals surface area contributed by atoms with Gasteiger partial charge in [0.2, 0.25) is 0 Å². The highest BCUT2D eigenvalue weighted by Gasteiger charge is 2.21. The van der Waals surface area contributed by atoms with Crippen LogP contribution in [0.3, 0.4) is 0 Å². The van der Waals surface area contributed by atoms with E-state index < -0.39 is 0 Å². The molecule has 0 bridgehead atoms. The van der Waals surface area contributed by atoms with E-state index in [4.69, 9.17) is 10.7 Å². The van der Waals surface area contributed by atoms with Crippen molar-refractivity contribution in [2.24, 2.45) is 5.73 Å². The first-order valence-corrected chi connectivity index (χ1v) is 9.92. The minimum atomic E-state index is 0.202. The number of H-pyrrole nitrogens is 1. The van der Waals surface area contributed by atoms with E-state index in [-0.39, 0.29) is 6.04 Å². The van der Waals surface area contributed by atoms with E-state index in [0.717, 1.165) is 70.9 Å². The van der Waals surface area contributed by atoms with Crippen LogP contribution in [0.15, 0.2) is 48.9 Å². The first-order valence-electron chi connectivity index (χ1n) is 9.92. The number of aromatic nitrogens is 5. The van der Waals surface area contributed by atoms with Gasteiger partial charge in [0, 0.05) is 42.5 Å². The molecule has 0 spiro atoms. The van der Waals surface area contributed by atoms with Crippen LogP contribution in [-0.2, 0) is 0 Å². The van der Waals surface area contributed by atoms with Crippen LogP contribution >= 0.6 is 0 Å². The van der Waals surface area contributed by atoms with Gasteiger partial charge >= 0.3 is 0 Å². The summed E-state index contributed by atoms with van der Waals surface area (Å²) in [6.45, 7) is 3.92. The van der Waals surface area contributed by atoms with Crippen LogP contribution in [0, 0.1) is 6.92 Å². The predicted molar refractivity (Wildman–Crippen MR) is 115 cm³/mol. The Labute approximate surface area is 169 Å². The fraction of sp³-hybridized carbons (Fsp3) is 0.273. The molecule has 29 heavy (non-hydrogen) atoms. The zero-order valence-electron chi connectivity index (χ0n) is 16.3. The number of anilines is 1. The normalized spacial score (nSPS) is 17.0. The number of aromatic amines is 1. The molecule has 5 rings (SSSR count). The van der Waals surface area contributed by atoms with Crippen molar-refractivity contribution in [1.29, 1.82) is 0 Å². The largest absolute Gasteiger partial charge is 0.355 e. The van der Waals surface area contributed by atoms with Gasteiger partial charge in [-0.1, -0.05) is 6.07 Å². The summed E-state index contributed by atoms with van der Waals surface area (Å²) in [5, 5.41) is 8.63. The molecule has 0 amide bonds. The lowest BCUT2D eigenvalue weighted by atomic mass is 10.1. The van der Waals surface area contributed by atoms with Crippen LogP contribution in [0.2, 0.25) is 0 Å². The van der Waals surface area contributed by atoms with Gasteiger partial charge in [-0.15, -0.1) is 0 Å². The summed E-state index contributed by atoms with van der Waals surface area (Å²) in [4.78, 5) is 16.0. The molecule has 5 heterocycles. The van der Waals surface area contributed by atoms with Crippen molar-refractivity contribution in [2.45, 2.75) is 25.8 Å². The van der Waals surface area contributed by atoms with Crippen molar-refractivity contribution in [1.82, 2.24) is 25.1 Å². The topological polar surface area (TPSA) is 96.6 Å².